The van der Waals surface area contributed by atoms with Crippen LogP contribution in [0.2, 0.25) is 0 Å². The second-order valence-electron chi connectivity index (χ2n) is 4.90. The number of benzene rings is 1. The molecule has 1 N–H and O–H groups in total. The summed E-state index contributed by atoms with van der Waals surface area (Å²) in [5, 5.41) is 12.9. The molecule has 0 aliphatic heterocycles. The van der Waals surface area contributed by atoms with Crippen LogP contribution >= 0.6 is 23.1 Å². The van der Waals surface area contributed by atoms with Crippen molar-refractivity contribution in [1.29, 1.82) is 0 Å². The summed E-state index contributed by atoms with van der Waals surface area (Å²) in [7, 11) is 0. The zero-order valence-corrected chi connectivity index (χ0v) is 14.3. The van der Waals surface area contributed by atoms with Gasteiger partial charge in [-0.2, -0.15) is 5.10 Å². The Balaban J connectivity index is 1.62. The molecule has 3 rings (SSSR count). The van der Waals surface area contributed by atoms with Gasteiger partial charge in [0.05, 0.1) is 16.8 Å². The molecular weight excluding hydrogens is 347 g/mol. The van der Waals surface area contributed by atoms with Crippen molar-refractivity contribution < 1.29 is 9.18 Å². The number of hydrogen-bond donors (Lipinski definition) is 1. The Kier molecular flexibility index (Phi) is 5.17. The molecular formula is C16H13FN4OS2. The first kappa shape index (κ1) is 16.5. The van der Waals surface area contributed by atoms with Crippen LogP contribution in [-0.4, -0.2) is 26.8 Å². The largest absolute Gasteiger partial charge is 0.325 e. The molecule has 0 atom stereocenters. The van der Waals surface area contributed by atoms with Crippen molar-refractivity contribution in [3.8, 4) is 10.6 Å². The first-order valence-corrected chi connectivity index (χ1v) is 8.91. The van der Waals surface area contributed by atoms with Crippen molar-refractivity contribution in [3.63, 3.8) is 0 Å². The number of nitrogens with one attached hydrogen (secondary N) is 1. The molecule has 0 radical (unpaired) electrons. The van der Waals surface area contributed by atoms with Gasteiger partial charge in [0.2, 0.25) is 11.1 Å². The average molecular weight is 360 g/mol. The number of nitrogens with zero attached hydrogens (tertiary/aromatic N) is 3. The second kappa shape index (κ2) is 7.50. The quantitative estimate of drug-likeness (QED) is 0.702. The summed E-state index contributed by atoms with van der Waals surface area (Å²) in [6.07, 6.45) is 1.59. The standard InChI is InChI=1S/C16H13FN4OS2/c1-10-4-5-11(17)7-12(10)19-15(22)9-24-16-20-13(8-18-21-16)14-3-2-6-23-14/h2-8H,9H2,1H3,(H,19,22). The van der Waals surface area contributed by atoms with E-state index in [9.17, 15) is 9.18 Å². The van der Waals surface area contributed by atoms with E-state index < -0.39 is 0 Å². The minimum Gasteiger partial charge on any atom is -0.325 e. The molecule has 0 spiro atoms. The molecule has 5 nitrogen and oxygen atoms in total. The number of aryl methyl sites for hydroxylation is 1. The Labute approximate surface area is 146 Å². The fraction of sp³-hybridized carbons (Fsp3) is 0.125. The molecule has 0 fully saturated rings. The summed E-state index contributed by atoms with van der Waals surface area (Å²) >= 11 is 2.74. The highest BCUT2D eigenvalue weighted by Crippen LogP contribution is 2.23. The first-order chi connectivity index (χ1) is 11.6. The molecule has 0 bridgehead atoms. The van der Waals surface area contributed by atoms with Crippen molar-refractivity contribution in [3.05, 3.63) is 53.3 Å². The number of thiophene rings is 1. The minimum absolute atomic E-state index is 0.117. The summed E-state index contributed by atoms with van der Waals surface area (Å²) in [5.41, 5.74) is 1.99. The number of rotatable bonds is 5. The number of aromatic nitrogens is 3. The third-order valence-corrected chi connectivity index (χ3v) is 4.85. The molecule has 1 aromatic carbocycles. The van der Waals surface area contributed by atoms with Crippen LogP contribution in [0.1, 0.15) is 5.56 Å². The zero-order valence-electron chi connectivity index (χ0n) is 12.7. The first-order valence-electron chi connectivity index (χ1n) is 7.04. The third kappa shape index (κ3) is 4.15. The average Bonchev–Trinajstić information content (AvgIpc) is 3.11. The molecule has 0 aliphatic rings. The fourth-order valence-electron chi connectivity index (χ4n) is 1.94. The van der Waals surface area contributed by atoms with Gasteiger partial charge in [-0.25, -0.2) is 9.37 Å². The van der Waals surface area contributed by atoms with Crippen LogP contribution in [0.5, 0.6) is 0 Å². The van der Waals surface area contributed by atoms with Crippen LogP contribution in [0.3, 0.4) is 0 Å². The monoisotopic (exact) mass is 360 g/mol. The highest BCUT2D eigenvalue weighted by molar-refractivity contribution is 7.99. The Hall–Kier alpha value is -2.32. The van der Waals surface area contributed by atoms with Gasteiger partial charge in [0, 0.05) is 5.69 Å². The van der Waals surface area contributed by atoms with Crippen molar-refractivity contribution in [2.45, 2.75) is 12.1 Å². The van der Waals surface area contributed by atoms with Gasteiger partial charge in [-0.1, -0.05) is 23.9 Å². The minimum atomic E-state index is -0.389. The lowest BCUT2D eigenvalue weighted by atomic mass is 10.2. The third-order valence-electron chi connectivity index (χ3n) is 3.12. The maximum Gasteiger partial charge on any atom is 0.234 e. The van der Waals surface area contributed by atoms with E-state index in [2.05, 4.69) is 20.5 Å². The van der Waals surface area contributed by atoms with Crippen LogP contribution in [0.4, 0.5) is 10.1 Å². The fourth-order valence-corrected chi connectivity index (χ4v) is 3.22. The van der Waals surface area contributed by atoms with Crippen LogP contribution in [0, 0.1) is 12.7 Å². The van der Waals surface area contributed by atoms with E-state index in [0.29, 0.717) is 10.8 Å². The van der Waals surface area contributed by atoms with Crippen LogP contribution in [0.15, 0.2) is 47.1 Å². The number of amides is 1. The smallest absolute Gasteiger partial charge is 0.234 e. The van der Waals surface area contributed by atoms with Crippen molar-refractivity contribution in [2.24, 2.45) is 0 Å². The van der Waals surface area contributed by atoms with E-state index in [4.69, 9.17) is 0 Å². The van der Waals surface area contributed by atoms with E-state index in [-0.39, 0.29) is 17.5 Å². The number of carbonyl (C=O) groups excluding carboxylic acids is 1. The topological polar surface area (TPSA) is 67.8 Å². The number of carbonyl (C=O) groups is 1. The highest BCUT2D eigenvalue weighted by Gasteiger charge is 2.10. The highest BCUT2D eigenvalue weighted by atomic mass is 32.2. The molecule has 122 valence electrons. The molecule has 1 amide bonds. The summed E-state index contributed by atoms with van der Waals surface area (Å²) < 4.78 is 13.2. The van der Waals surface area contributed by atoms with E-state index in [1.54, 1.807) is 30.5 Å². The van der Waals surface area contributed by atoms with Crippen molar-refractivity contribution in [2.75, 3.05) is 11.1 Å². The van der Waals surface area contributed by atoms with Gasteiger partial charge >= 0.3 is 0 Å². The number of anilines is 1. The Bertz CT molecular complexity index is 855. The molecule has 8 heteroatoms. The lowest BCUT2D eigenvalue weighted by molar-refractivity contribution is -0.113. The van der Waals surface area contributed by atoms with Gasteiger partial charge < -0.3 is 5.32 Å². The normalized spacial score (nSPS) is 10.6. The molecule has 2 aromatic heterocycles. The number of hydrogen-bond acceptors (Lipinski definition) is 6. The second-order valence-corrected chi connectivity index (χ2v) is 6.79. The van der Waals surface area contributed by atoms with Crippen molar-refractivity contribution >= 4 is 34.7 Å². The summed E-state index contributed by atoms with van der Waals surface area (Å²) in [6, 6.07) is 8.16. The molecule has 0 aliphatic carbocycles. The van der Waals surface area contributed by atoms with Gasteiger partial charge in [0.25, 0.3) is 0 Å². The van der Waals surface area contributed by atoms with Gasteiger partial charge in [-0.3, -0.25) is 4.79 Å². The van der Waals surface area contributed by atoms with Gasteiger partial charge in [0.15, 0.2) is 0 Å². The van der Waals surface area contributed by atoms with E-state index in [1.807, 2.05) is 17.5 Å². The predicted octanol–water partition coefficient (Wildman–Crippen LogP) is 3.78. The zero-order chi connectivity index (χ0) is 16.9. The van der Waals surface area contributed by atoms with Crippen molar-refractivity contribution in [1.82, 2.24) is 15.2 Å². The molecule has 24 heavy (non-hydrogen) atoms. The molecule has 0 unspecified atom stereocenters. The van der Waals surface area contributed by atoms with Crippen LogP contribution in [0.25, 0.3) is 10.6 Å². The lowest BCUT2D eigenvalue weighted by Crippen LogP contribution is -2.15. The summed E-state index contributed by atoms with van der Waals surface area (Å²) in [5.74, 6) is -0.524. The molecule has 0 saturated carbocycles. The van der Waals surface area contributed by atoms with E-state index >= 15 is 0 Å². The SMILES string of the molecule is Cc1ccc(F)cc1NC(=O)CSc1nncc(-c2cccs2)n1. The molecule has 2 heterocycles. The van der Waals surface area contributed by atoms with E-state index in [1.165, 1.54) is 23.9 Å². The molecule has 3 aromatic rings. The number of halogens is 1. The van der Waals surface area contributed by atoms with E-state index in [0.717, 1.165) is 16.1 Å². The Morgan fingerprint density at radius 3 is 3.04 bits per heavy atom. The van der Waals surface area contributed by atoms with Gasteiger partial charge in [-0.05, 0) is 36.1 Å². The molecule has 0 saturated heterocycles. The summed E-state index contributed by atoms with van der Waals surface area (Å²) in [6.45, 7) is 1.81. The van der Waals surface area contributed by atoms with Gasteiger partial charge in [-0.15, -0.1) is 16.4 Å². The Morgan fingerprint density at radius 1 is 1.38 bits per heavy atom. The number of thioether (sulfide) groups is 1. The summed E-state index contributed by atoms with van der Waals surface area (Å²) in [4.78, 5) is 17.4. The van der Waals surface area contributed by atoms with Crippen LogP contribution in [-0.2, 0) is 4.79 Å². The lowest BCUT2D eigenvalue weighted by Gasteiger charge is -2.08. The maximum absolute atomic E-state index is 13.2. The van der Waals surface area contributed by atoms with Crippen LogP contribution < -0.4 is 5.32 Å². The maximum atomic E-state index is 13.2. The Morgan fingerprint density at radius 2 is 2.25 bits per heavy atom. The van der Waals surface area contributed by atoms with Gasteiger partial charge in [0.1, 0.15) is 11.5 Å². The predicted molar refractivity (Wildman–Crippen MR) is 93.6 cm³/mol.